The average Bonchev–Trinajstić information content (AvgIpc) is 3.10. The first-order valence-corrected chi connectivity index (χ1v) is 7.29. The van der Waals surface area contributed by atoms with Crippen LogP contribution in [0.5, 0.6) is 0 Å². The van der Waals surface area contributed by atoms with E-state index in [1.54, 1.807) is 0 Å². The van der Waals surface area contributed by atoms with Crippen molar-refractivity contribution < 1.29 is 9.53 Å². The Morgan fingerprint density at radius 1 is 1.26 bits per heavy atom. The van der Waals surface area contributed by atoms with Crippen LogP contribution in [0.3, 0.4) is 0 Å². The van der Waals surface area contributed by atoms with E-state index < -0.39 is 0 Å². The van der Waals surface area contributed by atoms with E-state index in [1.807, 2.05) is 24.3 Å². The number of amides is 1. The highest BCUT2D eigenvalue weighted by molar-refractivity contribution is 6.30. The molecule has 2 fully saturated rings. The molecule has 19 heavy (non-hydrogen) atoms. The number of carbonyl (C=O) groups excluding carboxylic acids is 1. The minimum Gasteiger partial charge on any atom is -0.368 e. The molecule has 1 aromatic carbocycles. The predicted molar refractivity (Wildman–Crippen MR) is 74.0 cm³/mol. The lowest BCUT2D eigenvalue weighted by Crippen LogP contribution is -2.37. The molecule has 2 aliphatic rings. The molecule has 1 heterocycles. The van der Waals surface area contributed by atoms with Crippen LogP contribution in [0.15, 0.2) is 24.3 Å². The first-order valence-electron chi connectivity index (χ1n) is 6.91. The first-order chi connectivity index (χ1) is 9.24. The van der Waals surface area contributed by atoms with Crippen molar-refractivity contribution in [1.82, 2.24) is 5.32 Å². The molecular formula is C15H18ClNO2. The molecule has 0 spiro atoms. The van der Waals surface area contributed by atoms with Gasteiger partial charge in [0, 0.05) is 11.6 Å². The SMILES string of the molecule is O=C(NC(c1ccc(Cl)cc1)C1CC1)C1CCCO1. The highest BCUT2D eigenvalue weighted by atomic mass is 35.5. The van der Waals surface area contributed by atoms with Gasteiger partial charge in [-0.2, -0.15) is 0 Å². The van der Waals surface area contributed by atoms with Crippen molar-refractivity contribution in [2.45, 2.75) is 37.8 Å². The van der Waals surface area contributed by atoms with Crippen LogP contribution >= 0.6 is 11.6 Å². The zero-order valence-electron chi connectivity index (χ0n) is 10.8. The molecular weight excluding hydrogens is 262 g/mol. The van der Waals surface area contributed by atoms with Crippen molar-refractivity contribution in [3.05, 3.63) is 34.9 Å². The van der Waals surface area contributed by atoms with Crippen molar-refractivity contribution in [2.24, 2.45) is 5.92 Å². The second-order valence-electron chi connectivity index (χ2n) is 5.38. The number of hydrogen-bond acceptors (Lipinski definition) is 2. The zero-order chi connectivity index (χ0) is 13.2. The molecule has 1 aliphatic heterocycles. The molecule has 1 N–H and O–H groups in total. The summed E-state index contributed by atoms with van der Waals surface area (Å²) in [6.07, 6.45) is 3.92. The van der Waals surface area contributed by atoms with Crippen molar-refractivity contribution >= 4 is 17.5 Å². The average molecular weight is 280 g/mol. The maximum Gasteiger partial charge on any atom is 0.249 e. The van der Waals surface area contributed by atoms with Crippen LogP contribution in [0.2, 0.25) is 5.02 Å². The van der Waals surface area contributed by atoms with Gasteiger partial charge in [-0.15, -0.1) is 0 Å². The zero-order valence-corrected chi connectivity index (χ0v) is 11.5. The third kappa shape index (κ3) is 3.10. The fourth-order valence-corrected chi connectivity index (χ4v) is 2.73. The van der Waals surface area contributed by atoms with Gasteiger partial charge in [0.05, 0.1) is 6.04 Å². The van der Waals surface area contributed by atoms with E-state index in [2.05, 4.69) is 5.32 Å². The van der Waals surface area contributed by atoms with E-state index in [4.69, 9.17) is 16.3 Å². The van der Waals surface area contributed by atoms with Crippen LogP contribution < -0.4 is 5.32 Å². The van der Waals surface area contributed by atoms with Crippen molar-refractivity contribution in [3.8, 4) is 0 Å². The number of nitrogens with one attached hydrogen (secondary N) is 1. The van der Waals surface area contributed by atoms with Gasteiger partial charge in [0.2, 0.25) is 5.91 Å². The first kappa shape index (κ1) is 12.9. The third-order valence-corrected chi connectivity index (χ3v) is 4.09. The summed E-state index contributed by atoms with van der Waals surface area (Å²) in [5.74, 6) is 0.593. The van der Waals surface area contributed by atoms with Gasteiger partial charge >= 0.3 is 0 Å². The van der Waals surface area contributed by atoms with E-state index in [9.17, 15) is 4.79 Å². The molecule has 0 radical (unpaired) electrons. The summed E-state index contributed by atoms with van der Waals surface area (Å²) in [6, 6.07) is 7.87. The Labute approximate surface area is 118 Å². The summed E-state index contributed by atoms with van der Waals surface area (Å²) < 4.78 is 5.44. The molecule has 2 unspecified atom stereocenters. The molecule has 2 atom stereocenters. The van der Waals surface area contributed by atoms with Crippen LogP contribution in [0, 0.1) is 5.92 Å². The number of rotatable bonds is 4. The fraction of sp³-hybridized carbons (Fsp3) is 0.533. The molecule has 3 nitrogen and oxygen atoms in total. The smallest absolute Gasteiger partial charge is 0.249 e. The molecule has 1 saturated heterocycles. The van der Waals surface area contributed by atoms with E-state index in [0.29, 0.717) is 12.5 Å². The molecule has 4 heteroatoms. The maximum atomic E-state index is 12.2. The van der Waals surface area contributed by atoms with Gasteiger partial charge in [-0.1, -0.05) is 23.7 Å². The Morgan fingerprint density at radius 2 is 2.00 bits per heavy atom. The lowest BCUT2D eigenvalue weighted by molar-refractivity contribution is -0.131. The highest BCUT2D eigenvalue weighted by Crippen LogP contribution is 2.41. The normalized spacial score (nSPS) is 24.2. The Kier molecular flexibility index (Phi) is 3.76. The third-order valence-electron chi connectivity index (χ3n) is 3.84. The fourth-order valence-electron chi connectivity index (χ4n) is 2.60. The van der Waals surface area contributed by atoms with E-state index >= 15 is 0 Å². The summed E-state index contributed by atoms with van der Waals surface area (Å²) >= 11 is 5.91. The highest BCUT2D eigenvalue weighted by Gasteiger charge is 2.35. The van der Waals surface area contributed by atoms with Crippen molar-refractivity contribution in [1.29, 1.82) is 0 Å². The molecule has 1 saturated carbocycles. The van der Waals surface area contributed by atoms with Crippen LogP contribution in [-0.2, 0) is 9.53 Å². The van der Waals surface area contributed by atoms with Gasteiger partial charge in [0.25, 0.3) is 0 Å². The molecule has 102 valence electrons. The van der Waals surface area contributed by atoms with E-state index in [0.717, 1.165) is 23.4 Å². The summed E-state index contributed by atoms with van der Waals surface area (Å²) in [6.45, 7) is 0.702. The van der Waals surface area contributed by atoms with Crippen LogP contribution in [0.4, 0.5) is 0 Å². The Morgan fingerprint density at radius 3 is 2.58 bits per heavy atom. The predicted octanol–water partition coefficient (Wildman–Crippen LogP) is 3.09. The standard InChI is InChI=1S/C15H18ClNO2/c16-12-7-5-11(6-8-12)14(10-3-4-10)17-15(18)13-2-1-9-19-13/h5-8,10,13-14H,1-4,9H2,(H,17,18). The minimum absolute atomic E-state index is 0.0318. The Bertz CT molecular complexity index is 450. The molecule has 0 aromatic heterocycles. The van der Waals surface area contributed by atoms with Crippen molar-refractivity contribution in [3.63, 3.8) is 0 Å². The summed E-state index contributed by atoms with van der Waals surface area (Å²) in [5, 5.41) is 3.88. The van der Waals surface area contributed by atoms with Gasteiger partial charge in [0.15, 0.2) is 0 Å². The van der Waals surface area contributed by atoms with Gasteiger partial charge in [-0.25, -0.2) is 0 Å². The number of ether oxygens (including phenoxy) is 1. The van der Waals surface area contributed by atoms with Gasteiger partial charge < -0.3 is 10.1 Å². The molecule has 1 aromatic rings. The quantitative estimate of drug-likeness (QED) is 0.920. The number of benzene rings is 1. The largest absolute Gasteiger partial charge is 0.368 e. The lowest BCUT2D eigenvalue weighted by Gasteiger charge is -2.21. The van der Waals surface area contributed by atoms with Crippen LogP contribution in [-0.4, -0.2) is 18.6 Å². The second-order valence-corrected chi connectivity index (χ2v) is 5.81. The molecule has 3 rings (SSSR count). The Hall–Kier alpha value is -1.06. The maximum absolute atomic E-state index is 12.2. The molecule has 0 bridgehead atoms. The second kappa shape index (κ2) is 5.51. The van der Waals surface area contributed by atoms with Crippen LogP contribution in [0.25, 0.3) is 0 Å². The monoisotopic (exact) mass is 279 g/mol. The number of halogens is 1. The minimum atomic E-state index is -0.256. The Balaban J connectivity index is 1.70. The van der Waals surface area contributed by atoms with Gasteiger partial charge in [-0.05, 0) is 49.3 Å². The molecule has 1 aliphatic carbocycles. The van der Waals surface area contributed by atoms with Gasteiger partial charge in [0.1, 0.15) is 6.10 Å². The van der Waals surface area contributed by atoms with Crippen molar-refractivity contribution in [2.75, 3.05) is 6.61 Å². The lowest BCUT2D eigenvalue weighted by atomic mass is 10.0. The van der Waals surface area contributed by atoms with E-state index in [-0.39, 0.29) is 18.1 Å². The number of hydrogen-bond donors (Lipinski definition) is 1. The summed E-state index contributed by atoms with van der Waals surface area (Å²) in [5.41, 5.74) is 1.14. The summed E-state index contributed by atoms with van der Waals surface area (Å²) in [7, 11) is 0. The van der Waals surface area contributed by atoms with Crippen LogP contribution in [0.1, 0.15) is 37.3 Å². The van der Waals surface area contributed by atoms with E-state index in [1.165, 1.54) is 12.8 Å². The topological polar surface area (TPSA) is 38.3 Å². The van der Waals surface area contributed by atoms with Gasteiger partial charge in [-0.3, -0.25) is 4.79 Å². The molecule has 1 amide bonds. The number of carbonyl (C=O) groups is 1. The summed E-state index contributed by atoms with van der Waals surface area (Å²) in [4.78, 5) is 12.2.